The van der Waals surface area contributed by atoms with E-state index in [9.17, 15) is 0 Å². The number of ether oxygens (including phenoxy) is 2. The molecule has 0 aromatic carbocycles. The molecule has 1 aliphatic heterocycles. The summed E-state index contributed by atoms with van der Waals surface area (Å²) in [5, 5.41) is 0. The molecule has 2 nitrogen and oxygen atoms in total. The number of hydrogen-bond acceptors (Lipinski definition) is 4. The van der Waals surface area contributed by atoms with Crippen molar-refractivity contribution >= 4 is 44.4 Å². The average molecular weight is 477 g/mol. The van der Waals surface area contributed by atoms with Crippen molar-refractivity contribution in [3.8, 4) is 11.5 Å². The number of hydrogen-bond donors (Lipinski definition) is 0. The van der Waals surface area contributed by atoms with Crippen molar-refractivity contribution in [1.29, 1.82) is 0 Å². The quantitative estimate of drug-likeness (QED) is 0.276. The van der Waals surface area contributed by atoms with Crippen LogP contribution in [0.1, 0.15) is 59.3 Å². The number of fused-ring (bicyclic) bond motifs is 1. The molecule has 1 aromatic heterocycles. The van der Waals surface area contributed by atoms with E-state index in [-0.39, 0.29) is 0 Å². The van der Waals surface area contributed by atoms with E-state index >= 15 is 0 Å². The molecule has 0 fully saturated rings. The minimum atomic E-state index is -2.43. The summed E-state index contributed by atoms with van der Waals surface area (Å²) in [6, 6.07) is 0. The van der Waals surface area contributed by atoms with Crippen molar-refractivity contribution < 1.29 is 9.47 Å². The van der Waals surface area contributed by atoms with Crippen LogP contribution < -0.4 is 12.4 Å². The second-order valence-corrected chi connectivity index (χ2v) is 23.0. The molecule has 2 rings (SSSR count). The number of unbranched alkanes of at least 4 members (excludes halogenated alkanes) is 3. The van der Waals surface area contributed by atoms with E-state index in [0.717, 1.165) is 12.4 Å². The van der Waals surface area contributed by atoms with Gasteiger partial charge < -0.3 is 0 Å². The first-order chi connectivity index (χ1) is 11.7. The van der Waals surface area contributed by atoms with Gasteiger partial charge in [0.2, 0.25) is 0 Å². The first kappa shape index (κ1) is 20.8. The van der Waals surface area contributed by atoms with Crippen LogP contribution in [0.5, 0.6) is 11.5 Å². The molecule has 0 spiro atoms. The van der Waals surface area contributed by atoms with Crippen LogP contribution in [0.2, 0.25) is 13.3 Å². The van der Waals surface area contributed by atoms with E-state index in [1.54, 1.807) is 2.89 Å². The van der Waals surface area contributed by atoms with Gasteiger partial charge in [-0.1, -0.05) is 0 Å². The second-order valence-electron chi connectivity index (χ2n) is 6.87. The molecule has 0 bridgehead atoms. The Morgan fingerprint density at radius 1 is 0.875 bits per heavy atom. The zero-order valence-electron chi connectivity index (χ0n) is 15.9. The van der Waals surface area contributed by atoms with Gasteiger partial charge in [0.05, 0.1) is 0 Å². The molecule has 0 saturated carbocycles. The van der Waals surface area contributed by atoms with Crippen molar-refractivity contribution in [1.82, 2.24) is 0 Å². The Bertz CT molecular complexity index is 480. The van der Waals surface area contributed by atoms with Crippen LogP contribution in [0.25, 0.3) is 0 Å². The summed E-state index contributed by atoms with van der Waals surface area (Å²) in [4.78, 5) is 0. The maximum atomic E-state index is 6.21. The molecule has 0 amide bonds. The Morgan fingerprint density at radius 3 is 1.83 bits per heavy atom. The van der Waals surface area contributed by atoms with E-state index in [1.807, 2.05) is 23.1 Å². The molecule has 2 heterocycles. The van der Waals surface area contributed by atoms with Crippen molar-refractivity contribution in [3.05, 3.63) is 0 Å². The van der Waals surface area contributed by atoms with Gasteiger partial charge in [-0.15, -0.1) is 0 Å². The summed E-state index contributed by atoms with van der Waals surface area (Å²) in [6.45, 7) is 8.45. The van der Waals surface area contributed by atoms with Crippen LogP contribution in [0.15, 0.2) is 4.21 Å². The van der Waals surface area contributed by atoms with E-state index in [2.05, 4.69) is 27.0 Å². The predicted molar refractivity (Wildman–Crippen MR) is 112 cm³/mol. The summed E-state index contributed by atoms with van der Waals surface area (Å²) >= 11 is 1.45. The third-order valence-electron chi connectivity index (χ3n) is 5.06. The molecular formula is C19H34O2S2Sn. The minimum absolute atomic E-state index is 0.706. The van der Waals surface area contributed by atoms with Gasteiger partial charge in [-0.2, -0.15) is 0 Å². The van der Waals surface area contributed by atoms with Crippen molar-refractivity contribution in [2.75, 3.05) is 19.5 Å². The van der Waals surface area contributed by atoms with Crippen LogP contribution in [0, 0.1) is 0 Å². The summed E-state index contributed by atoms with van der Waals surface area (Å²) < 4.78 is 19.8. The van der Waals surface area contributed by atoms with Gasteiger partial charge >= 0.3 is 162 Å². The molecule has 0 N–H and O–H groups in total. The van der Waals surface area contributed by atoms with Gasteiger partial charge in [-0.25, -0.2) is 0 Å². The number of thioether (sulfide) groups is 1. The van der Waals surface area contributed by atoms with E-state index in [4.69, 9.17) is 9.47 Å². The van der Waals surface area contributed by atoms with E-state index in [0.29, 0.717) is 6.61 Å². The van der Waals surface area contributed by atoms with Crippen molar-refractivity contribution in [3.63, 3.8) is 0 Å². The van der Waals surface area contributed by atoms with Crippen LogP contribution in [-0.2, 0) is 0 Å². The topological polar surface area (TPSA) is 18.5 Å². The average Bonchev–Trinajstić information content (AvgIpc) is 3.01. The molecule has 5 heteroatoms. The Kier molecular flexibility index (Phi) is 9.13. The van der Waals surface area contributed by atoms with Crippen LogP contribution >= 0.6 is 23.1 Å². The zero-order chi connectivity index (χ0) is 17.4. The number of thiophene rings is 1. The first-order valence-electron chi connectivity index (χ1n) is 9.69. The Balaban J connectivity index is 2.45. The predicted octanol–water partition coefficient (Wildman–Crippen LogP) is 6.30. The van der Waals surface area contributed by atoms with Gasteiger partial charge in [0.25, 0.3) is 0 Å². The summed E-state index contributed by atoms with van der Waals surface area (Å²) in [7, 11) is 0. The third kappa shape index (κ3) is 4.79. The fourth-order valence-electron chi connectivity index (χ4n) is 3.67. The van der Waals surface area contributed by atoms with Gasteiger partial charge in [0.15, 0.2) is 0 Å². The molecule has 0 unspecified atom stereocenters. The van der Waals surface area contributed by atoms with Gasteiger partial charge in [-0.05, 0) is 0 Å². The van der Waals surface area contributed by atoms with Gasteiger partial charge in [0.1, 0.15) is 0 Å². The van der Waals surface area contributed by atoms with Gasteiger partial charge in [-0.3, -0.25) is 0 Å². The monoisotopic (exact) mass is 478 g/mol. The number of rotatable bonds is 11. The van der Waals surface area contributed by atoms with E-state index < -0.39 is 18.4 Å². The molecular weight excluding hydrogens is 443 g/mol. The van der Waals surface area contributed by atoms with Crippen molar-refractivity contribution in [2.24, 2.45) is 0 Å². The fourth-order valence-corrected chi connectivity index (χ4v) is 25.7. The third-order valence-corrected chi connectivity index (χ3v) is 25.5. The SMILES string of the molecule is CCC[CH2][Sn]([CH2]CCC)([CH2]CCC)[c]1sc(SC)c2c1OCCO2. The molecule has 0 saturated heterocycles. The fraction of sp³-hybridized carbons (Fsp3) is 0.789. The maximum absolute atomic E-state index is 6.21. The normalized spacial score (nSPS) is 14.2. The van der Waals surface area contributed by atoms with Crippen LogP contribution in [0.3, 0.4) is 0 Å². The standard InChI is InChI=1S/C7H7O2S2.3C4H9.Sn/c1-10-7-6-5(4-11-7)8-2-3-9-6;3*1-3-4-2;/h2-3H2,1H3;3*1,3-4H2,2H3;. The summed E-state index contributed by atoms with van der Waals surface area (Å²) in [6.07, 6.45) is 10.3. The molecule has 0 aliphatic carbocycles. The van der Waals surface area contributed by atoms with Crippen LogP contribution in [-0.4, -0.2) is 37.8 Å². The Morgan fingerprint density at radius 2 is 1.38 bits per heavy atom. The van der Waals surface area contributed by atoms with E-state index in [1.165, 1.54) is 61.8 Å². The Labute approximate surface area is 161 Å². The Hall–Kier alpha value is 0.449. The second kappa shape index (κ2) is 10.6. The molecule has 0 radical (unpaired) electrons. The van der Waals surface area contributed by atoms with Crippen LogP contribution in [0.4, 0.5) is 0 Å². The zero-order valence-corrected chi connectivity index (χ0v) is 20.4. The molecule has 0 atom stereocenters. The van der Waals surface area contributed by atoms with Crippen molar-refractivity contribution in [2.45, 2.75) is 76.8 Å². The summed E-state index contributed by atoms with van der Waals surface area (Å²) in [5.41, 5.74) is 0. The molecule has 24 heavy (non-hydrogen) atoms. The summed E-state index contributed by atoms with van der Waals surface area (Å²) in [5.74, 6) is 2.26. The molecule has 138 valence electrons. The molecule has 1 aromatic rings. The molecule has 1 aliphatic rings. The first-order valence-corrected chi connectivity index (χ1v) is 19.2. The van der Waals surface area contributed by atoms with Gasteiger partial charge in [0, 0.05) is 0 Å².